The number of rotatable bonds is 7. The Hall–Kier alpha value is -1.36. The van der Waals surface area contributed by atoms with Crippen molar-refractivity contribution in [2.45, 2.75) is 12.0 Å². The molecule has 5 heteroatoms. The van der Waals surface area contributed by atoms with Gasteiger partial charge in [0.15, 0.2) is 5.56 Å². The van der Waals surface area contributed by atoms with Crippen LogP contribution in [0.1, 0.15) is 22.5 Å². The largest absolute Gasteiger partial charge is 0.357 e. The molecular weight excluding hydrogens is 286 g/mol. The third-order valence-electron chi connectivity index (χ3n) is 3.30. The molecule has 0 spiro atoms. The average molecular weight is 308 g/mol. The van der Waals surface area contributed by atoms with E-state index in [4.69, 9.17) is 16.3 Å². The highest BCUT2D eigenvalue weighted by atomic mass is 35.5. The molecule has 0 saturated heterocycles. The monoisotopic (exact) mass is 307 g/mol. The van der Waals surface area contributed by atoms with Crippen molar-refractivity contribution in [2.75, 3.05) is 27.2 Å². The number of alkyl halides is 1. The first-order valence-electron chi connectivity index (χ1n) is 7.01. The average Bonchev–Trinajstić information content (AvgIpc) is 2.84. The topological polar surface area (TPSA) is 30.3 Å². The molecule has 1 aromatic heterocycles. The second-order valence-corrected chi connectivity index (χ2v) is 5.76. The molecule has 1 unspecified atom stereocenters. The summed E-state index contributed by atoms with van der Waals surface area (Å²) in [5, 5.41) is 0. The van der Waals surface area contributed by atoms with Crippen LogP contribution in [0.25, 0.3) is 0 Å². The lowest BCUT2D eigenvalue weighted by Crippen LogP contribution is -2.18. The maximum atomic E-state index is 6.31. The van der Waals surface area contributed by atoms with Crippen LogP contribution >= 0.6 is 11.6 Å². The Bertz CT molecular complexity index is 568. The molecular formula is C16H22ClN3O. The summed E-state index contributed by atoms with van der Waals surface area (Å²) in [7, 11) is 6.03. The molecule has 0 bridgehead atoms. The van der Waals surface area contributed by atoms with Crippen LogP contribution in [-0.4, -0.2) is 41.7 Å². The van der Waals surface area contributed by atoms with Crippen LogP contribution in [0.5, 0.6) is 0 Å². The predicted molar refractivity (Wildman–Crippen MR) is 85.6 cm³/mol. The fraction of sp³-hybridized carbons (Fsp3) is 0.438. The van der Waals surface area contributed by atoms with Crippen molar-refractivity contribution in [1.29, 1.82) is 0 Å². The lowest BCUT2D eigenvalue weighted by atomic mass is 10.1. The summed E-state index contributed by atoms with van der Waals surface area (Å²) in [5.41, 5.74) is 1.76. The number of imidazole rings is 1. The van der Waals surface area contributed by atoms with Gasteiger partial charge in [-0.1, -0.05) is 35.9 Å². The van der Waals surface area contributed by atoms with Gasteiger partial charge in [0.2, 0.25) is 0 Å². The fourth-order valence-corrected chi connectivity index (χ4v) is 2.25. The normalized spacial score (nSPS) is 12.8. The molecule has 114 valence electrons. The minimum absolute atomic E-state index is 0.411. The third kappa shape index (κ3) is 4.84. The van der Waals surface area contributed by atoms with Gasteiger partial charge in [0.25, 0.3) is 0 Å². The van der Waals surface area contributed by atoms with Gasteiger partial charge in [0.05, 0.1) is 6.61 Å². The number of benzene rings is 1. The Morgan fingerprint density at radius 3 is 2.86 bits per heavy atom. The van der Waals surface area contributed by atoms with Crippen LogP contribution in [0.4, 0.5) is 0 Å². The number of hydrogen-bond acceptors (Lipinski definition) is 3. The summed E-state index contributed by atoms with van der Waals surface area (Å²) in [4.78, 5) is 6.42. The molecule has 0 aliphatic carbocycles. The lowest BCUT2D eigenvalue weighted by molar-refractivity contribution is 0.0939. The van der Waals surface area contributed by atoms with Gasteiger partial charge in [-0.15, -0.1) is 0 Å². The Kier molecular flexibility index (Phi) is 5.79. The van der Waals surface area contributed by atoms with Crippen LogP contribution in [-0.2, 0) is 18.2 Å². The van der Waals surface area contributed by atoms with E-state index in [0.29, 0.717) is 6.61 Å². The minimum atomic E-state index is -0.411. The zero-order valence-corrected chi connectivity index (χ0v) is 13.5. The van der Waals surface area contributed by atoms with Gasteiger partial charge in [-0.05, 0) is 25.2 Å². The summed E-state index contributed by atoms with van der Waals surface area (Å²) in [6, 6.07) is 8.18. The Morgan fingerprint density at radius 2 is 2.19 bits per heavy atom. The summed E-state index contributed by atoms with van der Waals surface area (Å²) >= 11 is 6.31. The molecule has 0 fully saturated rings. The molecule has 2 rings (SSSR count). The summed E-state index contributed by atoms with van der Waals surface area (Å²) in [6.45, 7) is 1.47. The van der Waals surface area contributed by atoms with E-state index in [9.17, 15) is 0 Å². The molecule has 1 aromatic carbocycles. The van der Waals surface area contributed by atoms with Crippen molar-refractivity contribution in [2.24, 2.45) is 7.05 Å². The lowest BCUT2D eigenvalue weighted by Gasteiger charge is -2.15. The van der Waals surface area contributed by atoms with Crippen molar-refractivity contribution in [3.8, 4) is 0 Å². The second-order valence-electron chi connectivity index (χ2n) is 5.37. The maximum absolute atomic E-state index is 6.31. The van der Waals surface area contributed by atoms with E-state index in [-0.39, 0.29) is 0 Å². The van der Waals surface area contributed by atoms with E-state index in [1.807, 2.05) is 50.2 Å². The number of likely N-dealkylation sites (N-methyl/N-ethyl adjacent to an activating group) is 1. The first kappa shape index (κ1) is 16.0. The van der Waals surface area contributed by atoms with Gasteiger partial charge in [0, 0.05) is 32.4 Å². The molecule has 21 heavy (non-hydrogen) atoms. The highest BCUT2D eigenvalue weighted by Gasteiger charge is 2.10. The number of ether oxygens (including phenoxy) is 1. The first-order valence-corrected chi connectivity index (χ1v) is 7.45. The smallest absolute Gasteiger partial charge is 0.156 e. The van der Waals surface area contributed by atoms with E-state index in [1.165, 1.54) is 5.56 Å². The minimum Gasteiger partial charge on any atom is -0.357 e. The number of halogens is 1. The molecule has 2 aromatic rings. The molecule has 0 N–H and O–H groups in total. The quantitative estimate of drug-likeness (QED) is 0.737. The third-order valence-corrected chi connectivity index (χ3v) is 3.68. The molecule has 0 saturated carbocycles. The molecule has 0 radical (unpaired) electrons. The van der Waals surface area contributed by atoms with E-state index in [1.54, 1.807) is 0 Å². The van der Waals surface area contributed by atoms with Gasteiger partial charge in [-0.3, -0.25) is 0 Å². The number of aryl methyl sites for hydroxylation is 1. The standard InChI is InChI=1S/C16H22ClN3O/c1-19(2)9-10-21-16(17)14-6-4-5-13(11-14)12-15-18-7-8-20(15)3/h4-8,11,16H,9-10,12H2,1-3H3. The number of hydrogen-bond donors (Lipinski definition) is 0. The van der Waals surface area contributed by atoms with Crippen molar-refractivity contribution in [1.82, 2.24) is 14.5 Å². The first-order chi connectivity index (χ1) is 10.1. The van der Waals surface area contributed by atoms with Crippen molar-refractivity contribution >= 4 is 11.6 Å². The van der Waals surface area contributed by atoms with Crippen LogP contribution in [0.3, 0.4) is 0 Å². The summed E-state index contributed by atoms with van der Waals surface area (Å²) < 4.78 is 7.68. The molecule has 0 aliphatic heterocycles. The van der Waals surface area contributed by atoms with Crippen LogP contribution in [0.15, 0.2) is 36.7 Å². The van der Waals surface area contributed by atoms with Crippen molar-refractivity contribution in [3.63, 3.8) is 0 Å². The fourth-order valence-electron chi connectivity index (χ4n) is 2.03. The van der Waals surface area contributed by atoms with Crippen molar-refractivity contribution in [3.05, 3.63) is 53.6 Å². The predicted octanol–water partition coefficient (Wildman–Crippen LogP) is 2.83. The van der Waals surface area contributed by atoms with Crippen LogP contribution in [0, 0.1) is 0 Å². The van der Waals surface area contributed by atoms with Gasteiger partial charge < -0.3 is 14.2 Å². The Balaban J connectivity index is 1.98. The van der Waals surface area contributed by atoms with Crippen LogP contribution in [0.2, 0.25) is 0 Å². The van der Waals surface area contributed by atoms with E-state index in [0.717, 1.165) is 24.4 Å². The second kappa shape index (κ2) is 7.59. The summed E-state index contributed by atoms with van der Waals surface area (Å²) in [5.74, 6) is 1.03. The molecule has 1 heterocycles. The van der Waals surface area contributed by atoms with Gasteiger partial charge >= 0.3 is 0 Å². The molecule has 4 nitrogen and oxygen atoms in total. The SMILES string of the molecule is CN(C)CCOC(Cl)c1cccc(Cc2nccn2C)c1. The summed E-state index contributed by atoms with van der Waals surface area (Å²) in [6.07, 6.45) is 4.56. The molecule has 1 atom stereocenters. The number of nitrogens with zero attached hydrogens (tertiary/aromatic N) is 3. The highest BCUT2D eigenvalue weighted by Crippen LogP contribution is 2.23. The molecule has 0 amide bonds. The van der Waals surface area contributed by atoms with Gasteiger partial charge in [-0.25, -0.2) is 4.98 Å². The Labute approximate surface area is 131 Å². The van der Waals surface area contributed by atoms with Crippen LogP contribution < -0.4 is 0 Å². The van der Waals surface area contributed by atoms with Gasteiger partial charge in [0.1, 0.15) is 5.82 Å². The van der Waals surface area contributed by atoms with Gasteiger partial charge in [-0.2, -0.15) is 0 Å². The highest BCUT2D eigenvalue weighted by molar-refractivity contribution is 6.19. The van der Waals surface area contributed by atoms with E-state index >= 15 is 0 Å². The zero-order chi connectivity index (χ0) is 15.2. The van der Waals surface area contributed by atoms with E-state index < -0.39 is 5.56 Å². The molecule has 0 aliphatic rings. The zero-order valence-electron chi connectivity index (χ0n) is 12.8. The Morgan fingerprint density at radius 1 is 1.38 bits per heavy atom. The maximum Gasteiger partial charge on any atom is 0.156 e. The van der Waals surface area contributed by atoms with Crippen molar-refractivity contribution < 1.29 is 4.74 Å². The number of aromatic nitrogens is 2. The van der Waals surface area contributed by atoms with E-state index in [2.05, 4.69) is 22.0 Å².